The number of nitrogens with zero attached hydrogens (tertiary/aromatic N) is 5. The molecule has 2 aromatic heterocycles. The van der Waals surface area contributed by atoms with Crippen LogP contribution >= 0.6 is 11.6 Å². The van der Waals surface area contributed by atoms with Crippen LogP contribution in [-0.2, 0) is 23.6 Å². The van der Waals surface area contributed by atoms with Gasteiger partial charge in [-0.1, -0.05) is 31.0 Å². The van der Waals surface area contributed by atoms with E-state index in [2.05, 4.69) is 31.9 Å². The number of rotatable bonds is 11. The Morgan fingerprint density at radius 3 is 2.55 bits per heavy atom. The molecule has 4 rings (SSSR count). The molecule has 0 radical (unpaired) electrons. The van der Waals surface area contributed by atoms with Crippen LogP contribution in [-0.4, -0.2) is 70.9 Å². The molecule has 2 N–H and O–H groups in total. The average Bonchev–Trinajstić information content (AvgIpc) is 3.31. The molecule has 11 nitrogen and oxygen atoms in total. The number of halogens is 1. The largest absolute Gasteiger partial charge is 0.437 e. The number of anilines is 2. The van der Waals surface area contributed by atoms with E-state index < -0.39 is 10.0 Å². The molecule has 3 aromatic rings. The topological polar surface area (TPSA) is 122 Å². The lowest BCUT2D eigenvalue weighted by Crippen LogP contribution is -2.49. The number of carbonyl (C=O) groups is 1. The molecule has 3 heterocycles. The van der Waals surface area contributed by atoms with E-state index in [9.17, 15) is 13.2 Å². The van der Waals surface area contributed by atoms with Crippen LogP contribution in [0.2, 0.25) is 5.02 Å². The molecule has 2 amide bonds. The number of sulfonamides is 1. The van der Waals surface area contributed by atoms with Gasteiger partial charge in [0.2, 0.25) is 15.9 Å². The maximum absolute atomic E-state index is 13.1. The normalized spacial score (nSPS) is 14.6. The lowest BCUT2D eigenvalue weighted by atomic mass is 10.0. The Balaban J connectivity index is 1.29. The van der Waals surface area contributed by atoms with Crippen LogP contribution in [0.15, 0.2) is 48.9 Å². The highest BCUT2D eigenvalue weighted by atomic mass is 35.5. The van der Waals surface area contributed by atoms with Crippen molar-refractivity contribution >= 4 is 39.0 Å². The van der Waals surface area contributed by atoms with Crippen LogP contribution in [0.3, 0.4) is 0 Å². The van der Waals surface area contributed by atoms with Crippen LogP contribution in [0.4, 0.5) is 16.2 Å². The van der Waals surface area contributed by atoms with E-state index >= 15 is 0 Å². The minimum Gasteiger partial charge on any atom is -0.437 e. The van der Waals surface area contributed by atoms with Gasteiger partial charge in [-0.2, -0.15) is 5.10 Å². The number of aryl methyl sites for hydroxylation is 1. The van der Waals surface area contributed by atoms with Gasteiger partial charge in [0.1, 0.15) is 5.75 Å². The highest BCUT2D eigenvalue weighted by Gasteiger charge is 2.28. The summed E-state index contributed by atoms with van der Waals surface area (Å²) in [7, 11) is -1.57. The van der Waals surface area contributed by atoms with Crippen LogP contribution in [0.25, 0.3) is 0 Å². The van der Waals surface area contributed by atoms with Crippen molar-refractivity contribution in [2.24, 2.45) is 7.05 Å². The second kappa shape index (κ2) is 13.3. The van der Waals surface area contributed by atoms with Gasteiger partial charge >= 0.3 is 6.03 Å². The molecule has 0 unspecified atom stereocenters. The summed E-state index contributed by atoms with van der Waals surface area (Å²) in [5.41, 5.74) is 2.12. The molecule has 40 heavy (non-hydrogen) atoms. The number of urea groups is 1. The molecule has 0 aliphatic carbocycles. The Labute approximate surface area is 240 Å². The van der Waals surface area contributed by atoms with Crippen molar-refractivity contribution in [3.63, 3.8) is 0 Å². The van der Waals surface area contributed by atoms with Crippen molar-refractivity contribution in [1.29, 1.82) is 0 Å². The summed E-state index contributed by atoms with van der Waals surface area (Å²) < 4.78 is 32.7. The molecule has 216 valence electrons. The first-order chi connectivity index (χ1) is 19.1. The van der Waals surface area contributed by atoms with Crippen LogP contribution in [0.5, 0.6) is 11.6 Å². The average molecular weight is 590 g/mol. The maximum atomic E-state index is 13.1. The third-order valence-corrected chi connectivity index (χ3v) is 7.52. The summed E-state index contributed by atoms with van der Waals surface area (Å²) in [5.74, 6) is 0.766. The second-order valence-electron chi connectivity index (χ2n) is 10.0. The molecular weight excluding hydrogens is 554 g/mol. The molecule has 0 bridgehead atoms. The summed E-state index contributed by atoms with van der Waals surface area (Å²) in [6, 6.07) is 8.54. The van der Waals surface area contributed by atoms with Gasteiger partial charge in [-0.3, -0.25) is 14.3 Å². The van der Waals surface area contributed by atoms with Crippen molar-refractivity contribution in [3.05, 3.63) is 59.5 Å². The Bertz CT molecular complexity index is 1390. The fraction of sp³-hybridized carbons (Fsp3) is 0.444. The van der Waals surface area contributed by atoms with E-state index in [1.165, 1.54) is 6.07 Å². The third kappa shape index (κ3) is 8.57. The van der Waals surface area contributed by atoms with E-state index in [1.807, 2.05) is 18.0 Å². The summed E-state index contributed by atoms with van der Waals surface area (Å²) in [6.07, 6.45) is 10.1. The number of piperidine rings is 1. The predicted molar refractivity (Wildman–Crippen MR) is 156 cm³/mol. The number of carbonyl (C=O) groups excluding carboxylic acids is 1. The minimum absolute atomic E-state index is 0.0684. The van der Waals surface area contributed by atoms with Gasteiger partial charge in [-0.05, 0) is 43.0 Å². The zero-order valence-electron chi connectivity index (χ0n) is 23.0. The number of pyridine rings is 1. The number of aromatic nitrogens is 3. The van der Waals surface area contributed by atoms with Crippen molar-refractivity contribution < 1.29 is 17.9 Å². The molecule has 1 saturated heterocycles. The van der Waals surface area contributed by atoms with E-state index in [0.29, 0.717) is 23.0 Å². The molecule has 0 atom stereocenters. The summed E-state index contributed by atoms with van der Waals surface area (Å²) in [5, 5.41) is 7.39. The van der Waals surface area contributed by atoms with Crippen LogP contribution in [0, 0.1) is 0 Å². The van der Waals surface area contributed by atoms with Crippen molar-refractivity contribution in [2.75, 3.05) is 35.9 Å². The van der Waals surface area contributed by atoms with Gasteiger partial charge in [-0.15, -0.1) is 0 Å². The summed E-state index contributed by atoms with van der Waals surface area (Å²) in [6.45, 7) is 5.39. The molecule has 1 aliphatic heterocycles. The Kier molecular flexibility index (Phi) is 9.88. The number of ether oxygens (including phenoxy) is 1. The lowest BCUT2D eigenvalue weighted by molar-refractivity contribution is 0.122. The molecule has 0 saturated carbocycles. The van der Waals surface area contributed by atoms with Gasteiger partial charge in [0.25, 0.3) is 0 Å². The van der Waals surface area contributed by atoms with Crippen molar-refractivity contribution in [2.45, 2.75) is 45.2 Å². The van der Waals surface area contributed by atoms with E-state index in [0.717, 1.165) is 63.7 Å². The standard InChI is InChI=1S/C27H36ClN7O4S/c1-4-5-12-35(27(36)31-22-17-30-33(2)19-22)23-10-13-34(14-11-23)18-20-6-9-26(29-16-20)39-25-8-7-21(15-24(25)28)32-40(3,37)38/h6-9,15-17,19,23,32H,4-5,10-14,18H2,1-3H3,(H,31,36). The van der Waals surface area contributed by atoms with Crippen LogP contribution in [0.1, 0.15) is 38.2 Å². The highest BCUT2D eigenvalue weighted by Crippen LogP contribution is 2.31. The van der Waals surface area contributed by atoms with Crippen molar-refractivity contribution in [3.8, 4) is 11.6 Å². The van der Waals surface area contributed by atoms with E-state index in [4.69, 9.17) is 16.3 Å². The summed E-state index contributed by atoms with van der Waals surface area (Å²) >= 11 is 6.26. The monoisotopic (exact) mass is 589 g/mol. The molecule has 1 fully saturated rings. The summed E-state index contributed by atoms with van der Waals surface area (Å²) in [4.78, 5) is 21.8. The first-order valence-electron chi connectivity index (χ1n) is 13.3. The predicted octanol–water partition coefficient (Wildman–Crippen LogP) is 4.93. The third-order valence-electron chi connectivity index (χ3n) is 6.62. The number of likely N-dealkylation sites (tertiary alicyclic amines) is 1. The fourth-order valence-corrected chi connectivity index (χ4v) is 5.42. The fourth-order valence-electron chi connectivity index (χ4n) is 4.65. The lowest BCUT2D eigenvalue weighted by Gasteiger charge is -2.38. The smallest absolute Gasteiger partial charge is 0.322 e. The zero-order valence-corrected chi connectivity index (χ0v) is 24.6. The minimum atomic E-state index is -3.40. The van der Waals surface area contributed by atoms with Crippen molar-refractivity contribution in [1.82, 2.24) is 24.6 Å². The van der Waals surface area contributed by atoms with Gasteiger partial charge in [0, 0.05) is 57.7 Å². The number of amides is 2. The first kappa shape index (κ1) is 29.6. The number of hydrogen-bond acceptors (Lipinski definition) is 7. The molecule has 0 spiro atoms. The quantitative estimate of drug-likeness (QED) is 0.325. The number of nitrogens with one attached hydrogen (secondary N) is 2. The molecule has 1 aromatic carbocycles. The first-order valence-corrected chi connectivity index (χ1v) is 15.6. The second-order valence-corrected chi connectivity index (χ2v) is 12.2. The van der Waals surface area contributed by atoms with Gasteiger partial charge in [0.15, 0.2) is 0 Å². The molecule has 1 aliphatic rings. The highest BCUT2D eigenvalue weighted by molar-refractivity contribution is 7.92. The maximum Gasteiger partial charge on any atom is 0.322 e. The molecular formula is C27H36ClN7O4S. The Morgan fingerprint density at radius 1 is 1.18 bits per heavy atom. The van der Waals surface area contributed by atoms with Gasteiger partial charge in [0.05, 0.1) is 28.9 Å². The van der Waals surface area contributed by atoms with E-state index in [-0.39, 0.29) is 17.1 Å². The molecule has 13 heteroatoms. The number of hydrogen-bond donors (Lipinski definition) is 2. The Morgan fingerprint density at radius 2 is 1.95 bits per heavy atom. The van der Waals surface area contributed by atoms with Gasteiger partial charge < -0.3 is 15.0 Å². The van der Waals surface area contributed by atoms with Crippen LogP contribution < -0.4 is 14.8 Å². The Hall–Kier alpha value is -3.35. The van der Waals surface area contributed by atoms with E-state index in [1.54, 1.807) is 41.5 Å². The number of benzene rings is 1. The number of unbranched alkanes of at least 4 members (excludes halogenated alkanes) is 1. The SMILES string of the molecule is CCCCN(C(=O)Nc1cnn(C)c1)C1CCN(Cc2ccc(Oc3ccc(NS(C)(=O)=O)cc3Cl)nc2)CC1. The zero-order chi connectivity index (χ0) is 28.7. The van der Waals surface area contributed by atoms with Gasteiger partial charge in [-0.25, -0.2) is 18.2 Å².